The average Bonchev–Trinajstić information content (AvgIpc) is 3.28. The molecule has 0 aromatic heterocycles. The predicted molar refractivity (Wildman–Crippen MR) is 81.9 cm³/mol. The first kappa shape index (κ1) is 16.2. The van der Waals surface area contributed by atoms with Crippen LogP contribution in [-0.2, 0) is 9.59 Å². The van der Waals surface area contributed by atoms with Crippen LogP contribution in [0.2, 0.25) is 0 Å². The molecule has 120 valence electrons. The van der Waals surface area contributed by atoms with Gasteiger partial charge in [0.1, 0.15) is 0 Å². The van der Waals surface area contributed by atoms with Gasteiger partial charge >= 0.3 is 0 Å². The van der Waals surface area contributed by atoms with Crippen LogP contribution >= 0.6 is 0 Å². The summed E-state index contributed by atoms with van der Waals surface area (Å²) in [7, 11) is 0. The molecule has 1 heterocycles. The van der Waals surface area contributed by atoms with Crippen molar-refractivity contribution >= 4 is 11.8 Å². The molecule has 6 nitrogen and oxygen atoms in total. The molecule has 1 saturated heterocycles. The van der Waals surface area contributed by atoms with E-state index in [2.05, 4.69) is 20.9 Å². The van der Waals surface area contributed by atoms with E-state index < -0.39 is 0 Å². The zero-order valence-electron chi connectivity index (χ0n) is 13.0. The van der Waals surface area contributed by atoms with Gasteiger partial charge in [-0.15, -0.1) is 0 Å². The Labute approximate surface area is 127 Å². The van der Waals surface area contributed by atoms with Gasteiger partial charge in [0.25, 0.3) is 0 Å². The Morgan fingerprint density at radius 3 is 2.38 bits per heavy atom. The molecule has 0 spiro atoms. The Kier molecular flexibility index (Phi) is 6.45. The second kappa shape index (κ2) is 8.34. The number of nitrogens with one attached hydrogen (secondary N) is 3. The standard InChI is InChI=1S/C15H28N4O2/c1-12(20)17-8-9-18-15(21)11-19(14-2-3-14)10-13-4-6-16-7-5-13/h13-14,16H,2-11H2,1H3,(H,17,20)(H,18,21). The van der Waals surface area contributed by atoms with E-state index in [0.717, 1.165) is 25.6 Å². The molecule has 0 atom stereocenters. The van der Waals surface area contributed by atoms with E-state index in [-0.39, 0.29) is 11.8 Å². The predicted octanol–water partition coefficient (Wildman–Crippen LogP) is -0.297. The molecule has 21 heavy (non-hydrogen) atoms. The smallest absolute Gasteiger partial charge is 0.234 e. The Morgan fingerprint density at radius 1 is 1.10 bits per heavy atom. The summed E-state index contributed by atoms with van der Waals surface area (Å²) >= 11 is 0. The third-order valence-corrected chi connectivity index (χ3v) is 4.18. The normalized spacial score (nSPS) is 19.5. The maximum Gasteiger partial charge on any atom is 0.234 e. The molecule has 2 rings (SSSR count). The molecule has 3 N–H and O–H groups in total. The Hall–Kier alpha value is -1.14. The molecule has 0 aromatic rings. The summed E-state index contributed by atoms with van der Waals surface area (Å²) < 4.78 is 0. The van der Waals surface area contributed by atoms with Crippen molar-refractivity contribution in [1.29, 1.82) is 0 Å². The fourth-order valence-electron chi connectivity index (χ4n) is 2.86. The van der Waals surface area contributed by atoms with Crippen LogP contribution in [0.15, 0.2) is 0 Å². The van der Waals surface area contributed by atoms with Gasteiger partial charge in [0.05, 0.1) is 6.54 Å². The van der Waals surface area contributed by atoms with Gasteiger partial charge in [-0.25, -0.2) is 0 Å². The van der Waals surface area contributed by atoms with E-state index in [1.54, 1.807) is 0 Å². The lowest BCUT2D eigenvalue weighted by atomic mass is 9.97. The van der Waals surface area contributed by atoms with E-state index in [1.807, 2.05) is 0 Å². The van der Waals surface area contributed by atoms with Gasteiger partial charge in [-0.1, -0.05) is 0 Å². The third kappa shape index (κ3) is 6.44. The number of amides is 2. The highest BCUT2D eigenvalue weighted by Gasteiger charge is 2.31. The summed E-state index contributed by atoms with van der Waals surface area (Å²) in [6.45, 7) is 6.23. The molecule has 1 aliphatic heterocycles. The molecular weight excluding hydrogens is 268 g/mol. The second-order valence-electron chi connectivity index (χ2n) is 6.19. The molecule has 2 aliphatic rings. The Balaban J connectivity index is 1.66. The summed E-state index contributed by atoms with van der Waals surface area (Å²) in [4.78, 5) is 25.1. The van der Waals surface area contributed by atoms with Crippen LogP contribution in [0.1, 0.15) is 32.6 Å². The van der Waals surface area contributed by atoms with E-state index in [9.17, 15) is 9.59 Å². The first-order valence-corrected chi connectivity index (χ1v) is 8.11. The van der Waals surface area contributed by atoms with Gasteiger partial charge in [-0.3, -0.25) is 14.5 Å². The van der Waals surface area contributed by atoms with E-state index >= 15 is 0 Å². The summed E-state index contributed by atoms with van der Waals surface area (Å²) in [6.07, 6.45) is 4.88. The molecule has 0 radical (unpaired) electrons. The van der Waals surface area contributed by atoms with Crippen LogP contribution in [-0.4, -0.2) is 62.0 Å². The van der Waals surface area contributed by atoms with Crippen molar-refractivity contribution in [1.82, 2.24) is 20.9 Å². The SMILES string of the molecule is CC(=O)NCCNC(=O)CN(CC1CCNCC1)C1CC1. The van der Waals surface area contributed by atoms with Crippen molar-refractivity contribution in [3.63, 3.8) is 0 Å². The lowest BCUT2D eigenvalue weighted by Gasteiger charge is -2.29. The van der Waals surface area contributed by atoms with Crippen molar-refractivity contribution in [3.8, 4) is 0 Å². The van der Waals surface area contributed by atoms with Gasteiger partial charge in [0, 0.05) is 32.6 Å². The molecular formula is C15H28N4O2. The van der Waals surface area contributed by atoms with Crippen molar-refractivity contribution in [2.24, 2.45) is 5.92 Å². The minimum atomic E-state index is -0.0604. The second-order valence-corrected chi connectivity index (χ2v) is 6.19. The zero-order chi connectivity index (χ0) is 15.1. The number of nitrogens with zero attached hydrogens (tertiary/aromatic N) is 1. The maximum atomic E-state index is 12.0. The molecule has 2 amide bonds. The van der Waals surface area contributed by atoms with Crippen molar-refractivity contribution in [3.05, 3.63) is 0 Å². The number of piperidine rings is 1. The molecule has 0 aromatic carbocycles. The summed E-state index contributed by atoms with van der Waals surface area (Å²) in [5.41, 5.74) is 0. The van der Waals surface area contributed by atoms with Crippen LogP contribution < -0.4 is 16.0 Å². The van der Waals surface area contributed by atoms with Gasteiger partial charge in [-0.2, -0.15) is 0 Å². The van der Waals surface area contributed by atoms with Gasteiger partial charge in [0.2, 0.25) is 11.8 Å². The monoisotopic (exact) mass is 296 g/mol. The van der Waals surface area contributed by atoms with Crippen molar-refractivity contribution < 1.29 is 9.59 Å². The van der Waals surface area contributed by atoms with E-state index in [4.69, 9.17) is 0 Å². The first-order valence-electron chi connectivity index (χ1n) is 8.11. The summed E-state index contributed by atoms with van der Waals surface area (Å²) in [5, 5.41) is 8.95. The first-order chi connectivity index (χ1) is 10.1. The van der Waals surface area contributed by atoms with Crippen LogP contribution in [0.3, 0.4) is 0 Å². The Bertz CT molecular complexity index is 352. The van der Waals surface area contributed by atoms with Crippen LogP contribution in [0.25, 0.3) is 0 Å². The number of rotatable bonds is 8. The summed E-state index contributed by atoms with van der Waals surface area (Å²) in [5.74, 6) is 0.731. The minimum absolute atomic E-state index is 0.0604. The number of carbonyl (C=O) groups is 2. The molecule has 2 fully saturated rings. The van der Waals surface area contributed by atoms with Crippen LogP contribution in [0.4, 0.5) is 0 Å². The topological polar surface area (TPSA) is 73.5 Å². The minimum Gasteiger partial charge on any atom is -0.355 e. The number of hydrogen-bond acceptors (Lipinski definition) is 4. The third-order valence-electron chi connectivity index (χ3n) is 4.18. The van der Waals surface area contributed by atoms with Gasteiger partial charge in [-0.05, 0) is 44.7 Å². The Morgan fingerprint density at radius 2 is 1.76 bits per heavy atom. The van der Waals surface area contributed by atoms with Gasteiger partial charge in [0.15, 0.2) is 0 Å². The zero-order valence-corrected chi connectivity index (χ0v) is 13.0. The summed E-state index contributed by atoms with van der Waals surface area (Å²) in [6, 6.07) is 0.612. The average molecular weight is 296 g/mol. The van der Waals surface area contributed by atoms with Crippen molar-refractivity contribution in [2.45, 2.75) is 38.6 Å². The highest BCUT2D eigenvalue weighted by molar-refractivity contribution is 5.78. The van der Waals surface area contributed by atoms with Crippen LogP contribution in [0, 0.1) is 5.92 Å². The van der Waals surface area contributed by atoms with Gasteiger partial charge < -0.3 is 16.0 Å². The van der Waals surface area contributed by atoms with Crippen LogP contribution in [0.5, 0.6) is 0 Å². The lowest BCUT2D eigenvalue weighted by Crippen LogP contribution is -2.44. The van der Waals surface area contributed by atoms with Crippen molar-refractivity contribution in [2.75, 3.05) is 39.3 Å². The highest BCUT2D eigenvalue weighted by Crippen LogP contribution is 2.28. The molecule has 0 bridgehead atoms. The molecule has 0 unspecified atom stereocenters. The largest absolute Gasteiger partial charge is 0.355 e. The molecule has 1 saturated carbocycles. The fraction of sp³-hybridized carbons (Fsp3) is 0.867. The number of carbonyl (C=O) groups excluding carboxylic acids is 2. The quantitative estimate of drug-likeness (QED) is 0.538. The number of hydrogen-bond donors (Lipinski definition) is 3. The van der Waals surface area contributed by atoms with E-state index in [1.165, 1.54) is 32.6 Å². The molecule has 6 heteroatoms. The maximum absolute atomic E-state index is 12.0. The molecule has 1 aliphatic carbocycles. The fourth-order valence-corrected chi connectivity index (χ4v) is 2.86. The highest BCUT2D eigenvalue weighted by atomic mass is 16.2. The van der Waals surface area contributed by atoms with E-state index in [0.29, 0.717) is 25.7 Å². The lowest BCUT2D eigenvalue weighted by molar-refractivity contribution is -0.123.